The minimum Gasteiger partial charge on any atom is -0.461 e. The Balaban J connectivity index is 1.51. The topological polar surface area (TPSA) is 80.1 Å². The van der Waals surface area contributed by atoms with Crippen LogP contribution in [0, 0.1) is 6.92 Å². The lowest BCUT2D eigenvalue weighted by Gasteiger charge is -2.02. The standard InChI is InChI=1S/C18H21N3O3/c1-3-23-18(22)17-9-14(24-21-17)11-19-7-6-13-10-20-16-5-4-12(2)8-15(13)16/h4-5,8-10,19-20H,3,6-7,11H2,1-2H3. The van der Waals surface area contributed by atoms with Gasteiger partial charge in [0.2, 0.25) is 0 Å². The summed E-state index contributed by atoms with van der Waals surface area (Å²) in [6.07, 6.45) is 2.96. The molecule has 0 amide bonds. The maximum absolute atomic E-state index is 11.5. The van der Waals surface area contributed by atoms with Crippen LogP contribution in [0.2, 0.25) is 0 Å². The van der Waals surface area contributed by atoms with Crippen molar-refractivity contribution < 1.29 is 14.1 Å². The highest BCUT2D eigenvalue weighted by Gasteiger charge is 2.13. The van der Waals surface area contributed by atoms with Crippen molar-refractivity contribution in [1.29, 1.82) is 0 Å². The Morgan fingerprint density at radius 2 is 2.25 bits per heavy atom. The van der Waals surface area contributed by atoms with Crippen LogP contribution in [0.4, 0.5) is 0 Å². The van der Waals surface area contributed by atoms with Gasteiger partial charge in [0.1, 0.15) is 0 Å². The zero-order valence-corrected chi connectivity index (χ0v) is 13.9. The number of nitrogens with zero attached hydrogens (tertiary/aromatic N) is 1. The van der Waals surface area contributed by atoms with E-state index < -0.39 is 5.97 Å². The van der Waals surface area contributed by atoms with Crippen LogP contribution >= 0.6 is 0 Å². The summed E-state index contributed by atoms with van der Waals surface area (Å²) < 4.78 is 10.0. The largest absolute Gasteiger partial charge is 0.461 e. The molecule has 6 heteroatoms. The molecule has 126 valence electrons. The molecule has 3 aromatic rings. The zero-order valence-electron chi connectivity index (χ0n) is 13.9. The van der Waals surface area contributed by atoms with Gasteiger partial charge in [-0.05, 0) is 44.5 Å². The molecule has 2 heterocycles. The van der Waals surface area contributed by atoms with E-state index in [2.05, 4.69) is 46.8 Å². The van der Waals surface area contributed by atoms with E-state index in [9.17, 15) is 4.79 Å². The van der Waals surface area contributed by atoms with Crippen LogP contribution in [-0.2, 0) is 17.7 Å². The lowest BCUT2D eigenvalue weighted by atomic mass is 10.1. The molecular weight excluding hydrogens is 306 g/mol. The number of carbonyl (C=O) groups excluding carboxylic acids is 1. The van der Waals surface area contributed by atoms with E-state index in [4.69, 9.17) is 9.26 Å². The Bertz CT molecular complexity index is 835. The monoisotopic (exact) mass is 327 g/mol. The summed E-state index contributed by atoms with van der Waals surface area (Å²) in [5.74, 6) is 0.162. The molecule has 0 atom stereocenters. The maximum atomic E-state index is 11.5. The fraction of sp³-hybridized carbons (Fsp3) is 0.333. The number of aryl methyl sites for hydroxylation is 1. The van der Waals surface area contributed by atoms with Crippen LogP contribution in [0.15, 0.2) is 35.0 Å². The summed E-state index contributed by atoms with van der Waals surface area (Å²) in [7, 11) is 0. The van der Waals surface area contributed by atoms with Crippen LogP contribution in [0.1, 0.15) is 34.3 Å². The van der Waals surface area contributed by atoms with Crippen molar-refractivity contribution in [2.45, 2.75) is 26.8 Å². The fourth-order valence-electron chi connectivity index (χ4n) is 2.63. The second-order valence-electron chi connectivity index (χ2n) is 5.69. The molecule has 0 fully saturated rings. The number of benzene rings is 1. The van der Waals surface area contributed by atoms with Crippen molar-refractivity contribution in [2.24, 2.45) is 0 Å². The molecule has 0 aliphatic rings. The quantitative estimate of drug-likeness (QED) is 0.515. The second-order valence-corrected chi connectivity index (χ2v) is 5.69. The van der Waals surface area contributed by atoms with Crippen molar-refractivity contribution in [3.8, 4) is 0 Å². The van der Waals surface area contributed by atoms with E-state index in [0.717, 1.165) is 18.5 Å². The molecule has 2 aromatic heterocycles. The smallest absolute Gasteiger partial charge is 0.360 e. The number of rotatable bonds is 7. The average molecular weight is 327 g/mol. The van der Waals surface area contributed by atoms with Gasteiger partial charge in [0.25, 0.3) is 0 Å². The van der Waals surface area contributed by atoms with Crippen LogP contribution in [0.3, 0.4) is 0 Å². The lowest BCUT2D eigenvalue weighted by molar-refractivity contribution is 0.0514. The van der Waals surface area contributed by atoms with Crippen LogP contribution in [0.25, 0.3) is 10.9 Å². The molecule has 0 saturated carbocycles. The normalized spacial score (nSPS) is 11.1. The fourth-order valence-corrected chi connectivity index (χ4v) is 2.63. The molecule has 24 heavy (non-hydrogen) atoms. The van der Waals surface area contributed by atoms with Crippen molar-refractivity contribution in [3.63, 3.8) is 0 Å². The number of fused-ring (bicyclic) bond motifs is 1. The summed E-state index contributed by atoms with van der Waals surface area (Å²) in [6.45, 7) is 5.50. The van der Waals surface area contributed by atoms with Gasteiger partial charge in [-0.1, -0.05) is 16.8 Å². The van der Waals surface area contributed by atoms with Crippen LogP contribution in [-0.4, -0.2) is 29.3 Å². The number of hydrogen-bond donors (Lipinski definition) is 2. The summed E-state index contributed by atoms with van der Waals surface area (Å²) in [4.78, 5) is 14.8. The third-order valence-electron chi connectivity index (χ3n) is 3.84. The Morgan fingerprint density at radius 3 is 3.08 bits per heavy atom. The molecule has 0 unspecified atom stereocenters. The average Bonchev–Trinajstić information content (AvgIpc) is 3.19. The molecule has 0 bridgehead atoms. The Hall–Kier alpha value is -2.60. The Labute approximate surface area is 140 Å². The van der Waals surface area contributed by atoms with Crippen LogP contribution < -0.4 is 5.32 Å². The van der Waals surface area contributed by atoms with E-state index in [0.29, 0.717) is 18.9 Å². The first-order valence-electron chi connectivity index (χ1n) is 8.07. The number of H-pyrrole nitrogens is 1. The third-order valence-corrected chi connectivity index (χ3v) is 3.84. The summed E-state index contributed by atoms with van der Waals surface area (Å²) in [6, 6.07) is 8.02. The SMILES string of the molecule is CCOC(=O)c1cc(CNCCc2c[nH]c3ccc(C)cc23)on1. The molecule has 1 aromatic carbocycles. The van der Waals surface area contributed by atoms with Gasteiger partial charge in [-0.15, -0.1) is 0 Å². The second kappa shape index (κ2) is 7.31. The highest BCUT2D eigenvalue weighted by molar-refractivity contribution is 5.87. The van der Waals surface area contributed by atoms with E-state index in [1.807, 2.05) is 0 Å². The number of hydrogen-bond acceptors (Lipinski definition) is 5. The van der Waals surface area contributed by atoms with Gasteiger partial charge in [-0.2, -0.15) is 0 Å². The predicted octanol–water partition coefficient (Wildman–Crippen LogP) is 2.97. The van der Waals surface area contributed by atoms with Gasteiger partial charge in [0, 0.05) is 23.2 Å². The van der Waals surface area contributed by atoms with Gasteiger partial charge >= 0.3 is 5.97 Å². The van der Waals surface area contributed by atoms with Gasteiger partial charge in [-0.3, -0.25) is 0 Å². The molecule has 0 aliphatic heterocycles. The van der Waals surface area contributed by atoms with Crippen molar-refractivity contribution in [3.05, 3.63) is 53.0 Å². The van der Waals surface area contributed by atoms with Crippen molar-refractivity contribution in [1.82, 2.24) is 15.5 Å². The number of aromatic amines is 1. The zero-order chi connectivity index (χ0) is 16.9. The molecule has 3 rings (SSSR count). The van der Waals surface area contributed by atoms with Crippen molar-refractivity contribution >= 4 is 16.9 Å². The number of nitrogens with one attached hydrogen (secondary N) is 2. The molecule has 0 radical (unpaired) electrons. The van der Waals surface area contributed by atoms with E-state index >= 15 is 0 Å². The minimum absolute atomic E-state index is 0.209. The first-order chi connectivity index (χ1) is 11.7. The Kier molecular flexibility index (Phi) is 4.96. The molecule has 2 N–H and O–H groups in total. The number of ether oxygens (including phenoxy) is 1. The Morgan fingerprint density at radius 1 is 1.38 bits per heavy atom. The third kappa shape index (κ3) is 3.65. The predicted molar refractivity (Wildman–Crippen MR) is 90.9 cm³/mol. The van der Waals surface area contributed by atoms with Gasteiger partial charge in [0.05, 0.1) is 13.2 Å². The van der Waals surface area contributed by atoms with E-state index in [1.165, 1.54) is 16.5 Å². The number of esters is 1. The molecule has 0 saturated heterocycles. The van der Waals surface area contributed by atoms with Gasteiger partial charge in [-0.25, -0.2) is 4.79 Å². The highest BCUT2D eigenvalue weighted by Crippen LogP contribution is 2.19. The minimum atomic E-state index is -0.457. The molecule has 0 aliphatic carbocycles. The van der Waals surface area contributed by atoms with Crippen molar-refractivity contribution in [2.75, 3.05) is 13.2 Å². The van der Waals surface area contributed by atoms with Gasteiger partial charge in [0.15, 0.2) is 11.5 Å². The molecular formula is C18H21N3O3. The molecule has 0 spiro atoms. The highest BCUT2D eigenvalue weighted by atomic mass is 16.5. The maximum Gasteiger partial charge on any atom is 0.360 e. The van der Waals surface area contributed by atoms with E-state index in [-0.39, 0.29) is 5.69 Å². The van der Waals surface area contributed by atoms with Crippen LogP contribution in [0.5, 0.6) is 0 Å². The number of carbonyl (C=O) groups is 1. The molecule has 6 nitrogen and oxygen atoms in total. The summed E-state index contributed by atoms with van der Waals surface area (Å²) in [5, 5.41) is 8.29. The first kappa shape index (κ1) is 16.3. The summed E-state index contributed by atoms with van der Waals surface area (Å²) in [5.41, 5.74) is 3.90. The first-order valence-corrected chi connectivity index (χ1v) is 8.07. The van der Waals surface area contributed by atoms with Gasteiger partial charge < -0.3 is 19.6 Å². The summed E-state index contributed by atoms with van der Waals surface area (Å²) >= 11 is 0. The lowest BCUT2D eigenvalue weighted by Crippen LogP contribution is -2.16. The van der Waals surface area contributed by atoms with E-state index in [1.54, 1.807) is 13.0 Å². The number of aromatic nitrogens is 2.